The average molecular weight is 480 g/mol. The van der Waals surface area contributed by atoms with Crippen molar-refractivity contribution in [3.05, 3.63) is 64.3 Å². The van der Waals surface area contributed by atoms with Gasteiger partial charge in [0.2, 0.25) is 6.79 Å². The van der Waals surface area contributed by atoms with E-state index in [1.807, 2.05) is 18.2 Å². The number of nitrogens with one attached hydrogen (secondary N) is 1. The van der Waals surface area contributed by atoms with Crippen molar-refractivity contribution in [3.63, 3.8) is 0 Å². The fourth-order valence-electron chi connectivity index (χ4n) is 3.78. The number of fused-ring (bicyclic) bond motifs is 2. The molecule has 2 aromatic carbocycles. The van der Waals surface area contributed by atoms with Gasteiger partial charge in [-0.1, -0.05) is 24.3 Å². The van der Waals surface area contributed by atoms with E-state index in [1.54, 1.807) is 37.5 Å². The molecule has 10 heteroatoms. The SMILES string of the molecule is COCc1c(C(=O)NCCN2C(=O)S/C(=C\c3ccc4c(c3)OCO4)C2=O)oc2ccccc12. The Morgan fingerprint density at radius 2 is 2.00 bits per heavy atom. The van der Waals surface area contributed by atoms with Crippen LogP contribution < -0.4 is 14.8 Å². The predicted octanol–water partition coefficient (Wildman–Crippen LogP) is 3.77. The topological polar surface area (TPSA) is 107 Å². The normalized spacial score (nSPS) is 16.1. The van der Waals surface area contributed by atoms with Gasteiger partial charge in [0.1, 0.15) is 5.58 Å². The first-order valence-electron chi connectivity index (χ1n) is 10.5. The van der Waals surface area contributed by atoms with Crippen LogP contribution >= 0.6 is 11.8 Å². The van der Waals surface area contributed by atoms with E-state index in [1.165, 1.54) is 0 Å². The van der Waals surface area contributed by atoms with Crippen LogP contribution in [0, 0.1) is 0 Å². The number of carbonyl (C=O) groups is 3. The molecule has 2 aliphatic rings. The number of amides is 3. The number of furan rings is 1. The minimum absolute atomic E-state index is 0.0364. The lowest BCUT2D eigenvalue weighted by atomic mass is 10.1. The third-order valence-electron chi connectivity index (χ3n) is 5.38. The first kappa shape index (κ1) is 22.1. The van der Waals surface area contributed by atoms with E-state index in [9.17, 15) is 14.4 Å². The second-order valence-electron chi connectivity index (χ2n) is 7.54. The van der Waals surface area contributed by atoms with Crippen LogP contribution in [-0.4, -0.2) is 48.9 Å². The molecule has 3 heterocycles. The van der Waals surface area contributed by atoms with Gasteiger partial charge in [-0.3, -0.25) is 19.3 Å². The molecule has 0 radical (unpaired) electrons. The largest absolute Gasteiger partial charge is 0.454 e. The third-order valence-corrected chi connectivity index (χ3v) is 6.29. The minimum Gasteiger partial charge on any atom is -0.454 e. The van der Waals surface area contributed by atoms with Gasteiger partial charge < -0.3 is 23.9 Å². The predicted molar refractivity (Wildman–Crippen MR) is 125 cm³/mol. The Morgan fingerprint density at radius 3 is 2.85 bits per heavy atom. The number of benzene rings is 2. The number of rotatable bonds is 7. The summed E-state index contributed by atoms with van der Waals surface area (Å²) in [6.07, 6.45) is 1.64. The number of ether oxygens (including phenoxy) is 3. The summed E-state index contributed by atoms with van der Waals surface area (Å²) in [7, 11) is 1.54. The number of methoxy groups -OCH3 is 1. The molecule has 1 saturated heterocycles. The number of thioether (sulfide) groups is 1. The Kier molecular flexibility index (Phi) is 5.99. The van der Waals surface area contributed by atoms with Crippen molar-refractivity contribution in [2.45, 2.75) is 6.61 Å². The highest BCUT2D eigenvalue weighted by Crippen LogP contribution is 2.36. The molecule has 0 unspecified atom stereocenters. The molecule has 9 nitrogen and oxygen atoms in total. The monoisotopic (exact) mass is 480 g/mol. The lowest BCUT2D eigenvalue weighted by molar-refractivity contribution is -0.122. The molecule has 5 rings (SSSR count). The molecule has 3 amide bonds. The summed E-state index contributed by atoms with van der Waals surface area (Å²) in [6, 6.07) is 12.6. The molecule has 0 aliphatic carbocycles. The lowest BCUT2D eigenvalue weighted by Gasteiger charge is -2.12. The second kappa shape index (κ2) is 9.24. The summed E-state index contributed by atoms with van der Waals surface area (Å²) >= 11 is 0.856. The fourth-order valence-corrected chi connectivity index (χ4v) is 4.64. The highest BCUT2D eigenvalue weighted by Gasteiger charge is 2.35. The van der Waals surface area contributed by atoms with Crippen molar-refractivity contribution in [2.75, 3.05) is 27.0 Å². The van der Waals surface area contributed by atoms with Gasteiger partial charge in [-0.2, -0.15) is 0 Å². The van der Waals surface area contributed by atoms with Crippen LogP contribution in [-0.2, 0) is 16.1 Å². The Balaban J connectivity index is 1.24. The van der Waals surface area contributed by atoms with E-state index in [0.717, 1.165) is 27.6 Å². The van der Waals surface area contributed by atoms with Crippen LogP contribution in [0.2, 0.25) is 0 Å². The number of hydrogen-bond acceptors (Lipinski definition) is 8. The summed E-state index contributed by atoms with van der Waals surface area (Å²) in [5.41, 5.74) is 1.95. The van der Waals surface area contributed by atoms with Crippen LogP contribution in [0.3, 0.4) is 0 Å². The fraction of sp³-hybridized carbons (Fsp3) is 0.208. The number of carbonyl (C=O) groups excluding carboxylic acids is 3. The highest BCUT2D eigenvalue weighted by molar-refractivity contribution is 8.18. The van der Waals surface area contributed by atoms with E-state index in [4.69, 9.17) is 18.6 Å². The Hall–Kier alpha value is -3.76. The van der Waals surface area contributed by atoms with Gasteiger partial charge in [0.25, 0.3) is 17.1 Å². The van der Waals surface area contributed by atoms with Crippen LogP contribution in [0.5, 0.6) is 11.5 Å². The molecule has 1 aromatic heterocycles. The van der Waals surface area contributed by atoms with Crippen LogP contribution in [0.4, 0.5) is 4.79 Å². The minimum atomic E-state index is -0.439. The zero-order chi connectivity index (χ0) is 23.7. The quantitative estimate of drug-likeness (QED) is 0.509. The smallest absolute Gasteiger partial charge is 0.293 e. The van der Waals surface area contributed by atoms with E-state index >= 15 is 0 Å². The van der Waals surface area contributed by atoms with E-state index in [0.29, 0.717) is 27.6 Å². The molecule has 1 N–H and O–H groups in total. The molecule has 3 aromatic rings. The molecular weight excluding hydrogens is 460 g/mol. The number of imide groups is 1. The zero-order valence-electron chi connectivity index (χ0n) is 18.2. The first-order chi connectivity index (χ1) is 16.5. The molecule has 1 fully saturated rings. The summed E-state index contributed by atoms with van der Waals surface area (Å²) in [6.45, 7) is 0.488. The Labute approximate surface area is 198 Å². The summed E-state index contributed by atoms with van der Waals surface area (Å²) < 4.78 is 21.6. The molecule has 174 valence electrons. The van der Waals surface area contributed by atoms with Gasteiger partial charge in [-0.05, 0) is 41.6 Å². The third kappa shape index (κ3) is 4.13. The van der Waals surface area contributed by atoms with Crippen molar-refractivity contribution < 1.29 is 33.0 Å². The van der Waals surface area contributed by atoms with Crippen molar-refractivity contribution >= 4 is 45.9 Å². The van der Waals surface area contributed by atoms with Crippen molar-refractivity contribution in [2.24, 2.45) is 0 Å². The lowest BCUT2D eigenvalue weighted by Crippen LogP contribution is -2.37. The Morgan fingerprint density at radius 1 is 1.18 bits per heavy atom. The number of para-hydroxylation sites is 1. The summed E-state index contributed by atoms with van der Waals surface area (Å²) in [5.74, 6) is 0.532. The van der Waals surface area contributed by atoms with Crippen molar-refractivity contribution in [1.82, 2.24) is 10.2 Å². The Bertz CT molecular complexity index is 1330. The van der Waals surface area contributed by atoms with E-state index < -0.39 is 17.1 Å². The van der Waals surface area contributed by atoms with Crippen molar-refractivity contribution in [3.8, 4) is 11.5 Å². The van der Waals surface area contributed by atoms with Gasteiger partial charge in [0, 0.05) is 31.1 Å². The zero-order valence-corrected chi connectivity index (χ0v) is 19.0. The maximum absolute atomic E-state index is 12.8. The van der Waals surface area contributed by atoms with E-state index in [-0.39, 0.29) is 32.2 Å². The highest BCUT2D eigenvalue weighted by atomic mass is 32.2. The second-order valence-corrected chi connectivity index (χ2v) is 8.53. The molecule has 0 spiro atoms. The molecule has 0 atom stereocenters. The van der Waals surface area contributed by atoms with Crippen LogP contribution in [0.25, 0.3) is 17.0 Å². The maximum Gasteiger partial charge on any atom is 0.293 e. The van der Waals surface area contributed by atoms with Gasteiger partial charge in [-0.25, -0.2) is 0 Å². The van der Waals surface area contributed by atoms with Crippen LogP contribution in [0.15, 0.2) is 51.8 Å². The van der Waals surface area contributed by atoms with Gasteiger partial charge in [0.15, 0.2) is 17.3 Å². The molecular formula is C24H20N2O7S. The first-order valence-corrected chi connectivity index (χ1v) is 11.3. The number of nitrogens with zero attached hydrogens (tertiary/aromatic N) is 1. The van der Waals surface area contributed by atoms with Gasteiger partial charge >= 0.3 is 0 Å². The van der Waals surface area contributed by atoms with Crippen molar-refractivity contribution in [1.29, 1.82) is 0 Å². The number of hydrogen-bond donors (Lipinski definition) is 1. The summed E-state index contributed by atoms with van der Waals surface area (Å²) in [5, 5.41) is 3.13. The molecule has 34 heavy (non-hydrogen) atoms. The van der Waals surface area contributed by atoms with Gasteiger partial charge in [0.05, 0.1) is 11.5 Å². The van der Waals surface area contributed by atoms with Crippen LogP contribution in [0.1, 0.15) is 21.7 Å². The van der Waals surface area contributed by atoms with E-state index in [2.05, 4.69) is 5.32 Å². The molecule has 0 saturated carbocycles. The standard InChI is InChI=1S/C24H20N2O7S/c1-30-12-16-15-4-2-3-5-17(15)33-21(16)22(27)25-8-9-26-23(28)20(34-24(26)29)11-14-6-7-18-19(10-14)32-13-31-18/h2-7,10-11H,8-9,12-13H2,1H3,(H,25,27)/b20-11-. The summed E-state index contributed by atoms with van der Waals surface area (Å²) in [4.78, 5) is 39.3. The van der Waals surface area contributed by atoms with Gasteiger partial charge in [-0.15, -0.1) is 0 Å². The maximum atomic E-state index is 12.8. The molecule has 0 bridgehead atoms. The average Bonchev–Trinajstić information content (AvgIpc) is 3.52. The molecule has 2 aliphatic heterocycles.